The number of amides is 1. The number of aromatic nitrogens is 2. The van der Waals surface area contributed by atoms with Crippen LogP contribution in [0.2, 0.25) is 0 Å². The lowest BCUT2D eigenvalue weighted by atomic mass is 10.0. The number of nitrogens with one attached hydrogen (secondary N) is 1. The highest BCUT2D eigenvalue weighted by molar-refractivity contribution is 5.95. The fourth-order valence-corrected chi connectivity index (χ4v) is 4.63. The number of hydrogen-bond donors (Lipinski definition) is 2. The van der Waals surface area contributed by atoms with Crippen LogP contribution in [0.5, 0.6) is 5.75 Å². The number of amidine groups is 1. The van der Waals surface area contributed by atoms with E-state index in [9.17, 15) is 9.18 Å². The first kappa shape index (κ1) is 27.6. The maximum atomic E-state index is 14.2. The number of aliphatic imine (C=N–C) groups is 1. The lowest BCUT2D eigenvalue weighted by Crippen LogP contribution is -2.31. The van der Waals surface area contributed by atoms with E-state index >= 15 is 0 Å². The molecule has 1 atom stereocenters. The van der Waals surface area contributed by atoms with Crippen molar-refractivity contribution >= 4 is 22.8 Å². The van der Waals surface area contributed by atoms with Crippen molar-refractivity contribution in [3.8, 4) is 16.9 Å². The van der Waals surface area contributed by atoms with Gasteiger partial charge in [-0.05, 0) is 68.7 Å². The van der Waals surface area contributed by atoms with E-state index in [1.807, 2.05) is 18.2 Å². The molecule has 1 aromatic heterocycles. The molecule has 1 unspecified atom stereocenters. The molecule has 0 radical (unpaired) electrons. The van der Waals surface area contributed by atoms with E-state index < -0.39 is 6.04 Å². The second-order valence-corrected chi connectivity index (χ2v) is 9.50. The van der Waals surface area contributed by atoms with Gasteiger partial charge >= 0.3 is 0 Å². The number of carbonyl (C=O) groups is 1. The number of nitrogens with two attached hydrogens (primary N) is 1. The third kappa shape index (κ3) is 6.17. The Morgan fingerprint density at radius 3 is 2.56 bits per heavy atom. The molecule has 4 rings (SSSR count). The van der Waals surface area contributed by atoms with Gasteiger partial charge in [0.05, 0.1) is 18.7 Å². The molecule has 0 fully saturated rings. The molecule has 0 aliphatic carbocycles. The second kappa shape index (κ2) is 12.4. The van der Waals surface area contributed by atoms with Crippen LogP contribution in [0.1, 0.15) is 55.0 Å². The molecule has 7 nitrogen and oxygen atoms in total. The van der Waals surface area contributed by atoms with Gasteiger partial charge < -0.3 is 20.4 Å². The lowest BCUT2D eigenvalue weighted by molar-refractivity contribution is 0.0931. The highest BCUT2D eigenvalue weighted by Crippen LogP contribution is 2.32. The summed E-state index contributed by atoms with van der Waals surface area (Å²) in [6.45, 7) is 8.30. The van der Waals surface area contributed by atoms with Crippen LogP contribution < -0.4 is 15.8 Å². The van der Waals surface area contributed by atoms with Crippen LogP contribution in [-0.2, 0) is 0 Å². The summed E-state index contributed by atoms with van der Waals surface area (Å²) >= 11 is 0. The Kier molecular flexibility index (Phi) is 8.76. The zero-order valence-electron chi connectivity index (χ0n) is 22.5. The summed E-state index contributed by atoms with van der Waals surface area (Å²) in [6.07, 6.45) is 2.77. The van der Waals surface area contributed by atoms with Gasteiger partial charge in [-0.1, -0.05) is 43.0 Å². The molecule has 0 saturated carbocycles. The first-order valence-corrected chi connectivity index (χ1v) is 13.0. The molecule has 39 heavy (non-hydrogen) atoms. The third-order valence-corrected chi connectivity index (χ3v) is 6.55. The summed E-state index contributed by atoms with van der Waals surface area (Å²) in [7, 11) is 1.62. The van der Waals surface area contributed by atoms with Gasteiger partial charge in [0.1, 0.15) is 28.7 Å². The number of imidazole rings is 1. The molecule has 3 aromatic carbocycles. The van der Waals surface area contributed by atoms with Crippen LogP contribution in [0.25, 0.3) is 22.2 Å². The maximum absolute atomic E-state index is 14.2. The standard InChI is InChI=1S/C31H34FN5O2/c1-5-28(33)34-19-9-12-25(30-36-29-26(37(30)20(2)3)13-8-14-27(29)39-4)35-31(38)22-17-15-21(16-18-22)23-10-6-7-11-24(23)32/h5-8,10-11,13-18,20,25H,1,9,12,19H2,2-4H3,(H2,33,34)(H,35,38). The predicted molar refractivity (Wildman–Crippen MR) is 155 cm³/mol. The number of hydrogen-bond acceptors (Lipinski definition) is 4. The predicted octanol–water partition coefficient (Wildman–Crippen LogP) is 6.23. The summed E-state index contributed by atoms with van der Waals surface area (Å²) in [6, 6.07) is 19.0. The van der Waals surface area contributed by atoms with Gasteiger partial charge in [0, 0.05) is 23.7 Å². The Morgan fingerprint density at radius 2 is 1.90 bits per heavy atom. The van der Waals surface area contributed by atoms with E-state index in [1.165, 1.54) is 12.1 Å². The highest BCUT2D eigenvalue weighted by atomic mass is 19.1. The van der Waals surface area contributed by atoms with Gasteiger partial charge in [0.2, 0.25) is 0 Å². The topological polar surface area (TPSA) is 94.5 Å². The second-order valence-electron chi connectivity index (χ2n) is 9.50. The average Bonchev–Trinajstić information content (AvgIpc) is 3.35. The van der Waals surface area contributed by atoms with Crippen molar-refractivity contribution in [3.63, 3.8) is 0 Å². The SMILES string of the molecule is C=CC(N)=NCCCC(NC(=O)c1ccc(-c2ccccc2F)cc1)c1nc2c(OC)cccc2n1C(C)C. The molecular formula is C31H34FN5O2. The Morgan fingerprint density at radius 1 is 1.15 bits per heavy atom. The first-order valence-electron chi connectivity index (χ1n) is 13.0. The van der Waals surface area contributed by atoms with E-state index in [0.717, 1.165) is 16.9 Å². The number of benzene rings is 3. The van der Waals surface area contributed by atoms with Crippen molar-refractivity contribution in [2.24, 2.45) is 10.7 Å². The molecule has 3 N–H and O–H groups in total. The summed E-state index contributed by atoms with van der Waals surface area (Å²) in [5.41, 5.74) is 9.11. The third-order valence-electron chi connectivity index (χ3n) is 6.55. The minimum absolute atomic E-state index is 0.0889. The van der Waals surface area contributed by atoms with E-state index in [0.29, 0.717) is 47.7 Å². The van der Waals surface area contributed by atoms with Gasteiger partial charge in [-0.25, -0.2) is 9.37 Å². The van der Waals surface area contributed by atoms with Crippen LogP contribution >= 0.6 is 0 Å². The number of fused-ring (bicyclic) bond motifs is 1. The molecule has 202 valence electrons. The Balaban J connectivity index is 1.66. The van der Waals surface area contributed by atoms with Crippen molar-refractivity contribution in [2.45, 2.75) is 38.8 Å². The van der Waals surface area contributed by atoms with Crippen molar-refractivity contribution in [1.29, 1.82) is 0 Å². The largest absolute Gasteiger partial charge is 0.494 e. The van der Waals surface area contributed by atoms with Gasteiger partial charge in [0.15, 0.2) is 0 Å². The maximum Gasteiger partial charge on any atom is 0.251 e. The normalized spacial score (nSPS) is 12.5. The highest BCUT2D eigenvalue weighted by Gasteiger charge is 2.25. The Hall–Kier alpha value is -4.46. The van der Waals surface area contributed by atoms with Crippen LogP contribution in [-0.4, -0.2) is 34.9 Å². The van der Waals surface area contributed by atoms with Crippen LogP contribution in [0.3, 0.4) is 0 Å². The average molecular weight is 528 g/mol. The Bertz CT molecular complexity index is 1490. The zero-order valence-corrected chi connectivity index (χ0v) is 22.5. The fraction of sp³-hybridized carbons (Fsp3) is 0.258. The molecule has 0 aliphatic rings. The van der Waals surface area contributed by atoms with Crippen LogP contribution in [0.4, 0.5) is 4.39 Å². The lowest BCUT2D eigenvalue weighted by Gasteiger charge is -2.22. The Labute approximate surface area is 228 Å². The van der Waals surface area contributed by atoms with E-state index in [1.54, 1.807) is 49.6 Å². The van der Waals surface area contributed by atoms with Gasteiger partial charge in [0.25, 0.3) is 5.91 Å². The number of halogens is 1. The number of rotatable bonds is 11. The minimum atomic E-state index is -0.400. The summed E-state index contributed by atoms with van der Waals surface area (Å²) < 4.78 is 21.9. The van der Waals surface area contributed by atoms with Crippen LogP contribution in [0, 0.1) is 5.82 Å². The minimum Gasteiger partial charge on any atom is -0.494 e. The van der Waals surface area contributed by atoms with Gasteiger partial charge in [-0.3, -0.25) is 9.79 Å². The molecule has 0 bridgehead atoms. The fourth-order valence-electron chi connectivity index (χ4n) is 4.63. The summed E-state index contributed by atoms with van der Waals surface area (Å²) in [4.78, 5) is 22.7. The van der Waals surface area contributed by atoms with E-state index in [4.69, 9.17) is 15.5 Å². The zero-order chi connectivity index (χ0) is 27.9. The first-order chi connectivity index (χ1) is 18.8. The number of para-hydroxylation sites is 1. The molecule has 1 heterocycles. The number of nitrogens with zero attached hydrogens (tertiary/aromatic N) is 3. The number of methoxy groups -OCH3 is 1. The molecular weight excluding hydrogens is 493 g/mol. The van der Waals surface area contributed by atoms with Crippen molar-refractivity contribution in [1.82, 2.24) is 14.9 Å². The number of carbonyl (C=O) groups excluding carboxylic acids is 1. The van der Waals surface area contributed by atoms with Crippen molar-refractivity contribution in [2.75, 3.05) is 13.7 Å². The molecule has 8 heteroatoms. The molecule has 1 amide bonds. The smallest absolute Gasteiger partial charge is 0.251 e. The van der Waals surface area contributed by atoms with Crippen LogP contribution in [0.15, 0.2) is 84.4 Å². The van der Waals surface area contributed by atoms with E-state index in [2.05, 4.69) is 35.3 Å². The summed E-state index contributed by atoms with van der Waals surface area (Å²) in [5, 5.41) is 3.18. The number of ether oxygens (including phenoxy) is 1. The van der Waals surface area contributed by atoms with E-state index in [-0.39, 0.29) is 17.8 Å². The van der Waals surface area contributed by atoms with Gasteiger partial charge in [-0.15, -0.1) is 0 Å². The van der Waals surface area contributed by atoms with Crippen molar-refractivity contribution in [3.05, 3.63) is 96.6 Å². The molecule has 0 aliphatic heterocycles. The molecule has 0 saturated heterocycles. The van der Waals surface area contributed by atoms with Crippen molar-refractivity contribution < 1.29 is 13.9 Å². The molecule has 4 aromatic rings. The molecule has 0 spiro atoms. The monoisotopic (exact) mass is 527 g/mol. The quantitative estimate of drug-likeness (QED) is 0.137. The summed E-state index contributed by atoms with van der Waals surface area (Å²) in [5.74, 6) is 1.23. The van der Waals surface area contributed by atoms with Gasteiger partial charge in [-0.2, -0.15) is 0 Å².